The predicted octanol–water partition coefficient (Wildman–Crippen LogP) is 4.65. The van der Waals surface area contributed by atoms with E-state index >= 15 is 0 Å². The molecule has 3 rings (SSSR count). The van der Waals surface area contributed by atoms with E-state index in [0.717, 1.165) is 5.56 Å². The molecule has 0 aliphatic carbocycles. The van der Waals surface area contributed by atoms with Crippen LogP contribution in [0.1, 0.15) is 34.7 Å². The molecule has 3 aromatic rings. The first-order valence-electron chi connectivity index (χ1n) is 9.39. The quantitative estimate of drug-likeness (QED) is 0.483. The molecule has 10 heteroatoms. The van der Waals surface area contributed by atoms with Gasteiger partial charge < -0.3 is 15.2 Å². The van der Waals surface area contributed by atoms with Crippen LogP contribution in [0, 0.1) is 6.92 Å². The molecule has 31 heavy (non-hydrogen) atoms. The van der Waals surface area contributed by atoms with Gasteiger partial charge in [-0.25, -0.2) is 0 Å². The number of hydrogen-bond acceptors (Lipinski definition) is 5. The molecule has 2 aromatic carbocycles. The molecule has 0 radical (unpaired) electrons. The summed E-state index contributed by atoms with van der Waals surface area (Å²) in [5.41, 5.74) is 2.16. The molecular weight excluding hydrogens is 457 g/mol. The van der Waals surface area contributed by atoms with E-state index in [1.807, 2.05) is 32.0 Å². The van der Waals surface area contributed by atoms with Crippen LogP contribution in [-0.2, 0) is 11.8 Å². The molecule has 0 saturated heterocycles. The highest BCUT2D eigenvalue weighted by atomic mass is 35.5. The SMILES string of the molecule is Cc1cccc(C(=O)N[C@H](C)c2nnc(SCC(=O)Nc3ccc(Cl)c(Cl)c3)n2C)c1. The van der Waals surface area contributed by atoms with Crippen molar-refractivity contribution in [2.45, 2.75) is 25.0 Å². The van der Waals surface area contributed by atoms with Gasteiger partial charge in [0.05, 0.1) is 21.8 Å². The second kappa shape index (κ2) is 10.2. The Bertz CT molecular complexity index is 1120. The van der Waals surface area contributed by atoms with Crippen LogP contribution in [0.2, 0.25) is 10.0 Å². The summed E-state index contributed by atoms with van der Waals surface area (Å²) in [6.07, 6.45) is 0. The van der Waals surface area contributed by atoms with Gasteiger partial charge in [0.2, 0.25) is 5.91 Å². The van der Waals surface area contributed by atoms with Gasteiger partial charge in [-0.2, -0.15) is 0 Å². The highest BCUT2D eigenvalue weighted by Crippen LogP contribution is 2.25. The Morgan fingerprint density at radius 1 is 1.13 bits per heavy atom. The first-order valence-corrected chi connectivity index (χ1v) is 11.1. The number of benzene rings is 2. The van der Waals surface area contributed by atoms with E-state index in [2.05, 4.69) is 20.8 Å². The number of nitrogens with zero attached hydrogens (tertiary/aromatic N) is 3. The summed E-state index contributed by atoms with van der Waals surface area (Å²) in [6.45, 7) is 3.77. The van der Waals surface area contributed by atoms with Gasteiger partial charge in [0.25, 0.3) is 5.91 Å². The van der Waals surface area contributed by atoms with E-state index in [0.29, 0.717) is 32.3 Å². The molecule has 7 nitrogen and oxygen atoms in total. The van der Waals surface area contributed by atoms with Crippen molar-refractivity contribution in [3.8, 4) is 0 Å². The van der Waals surface area contributed by atoms with E-state index in [4.69, 9.17) is 23.2 Å². The van der Waals surface area contributed by atoms with Crippen LogP contribution >= 0.6 is 35.0 Å². The summed E-state index contributed by atoms with van der Waals surface area (Å²) < 4.78 is 1.76. The van der Waals surface area contributed by atoms with E-state index in [1.54, 1.807) is 35.9 Å². The molecule has 1 aromatic heterocycles. The third-order valence-corrected chi connectivity index (χ3v) is 6.18. The smallest absolute Gasteiger partial charge is 0.251 e. The Morgan fingerprint density at radius 3 is 2.61 bits per heavy atom. The summed E-state index contributed by atoms with van der Waals surface area (Å²) in [7, 11) is 1.80. The number of amides is 2. The lowest BCUT2D eigenvalue weighted by Crippen LogP contribution is -2.28. The number of carbonyl (C=O) groups is 2. The fourth-order valence-corrected chi connectivity index (χ4v) is 3.88. The van der Waals surface area contributed by atoms with Crippen molar-refractivity contribution in [3.63, 3.8) is 0 Å². The molecule has 0 saturated carbocycles. The molecule has 1 heterocycles. The number of aromatic nitrogens is 3. The second-order valence-electron chi connectivity index (χ2n) is 6.93. The van der Waals surface area contributed by atoms with Crippen LogP contribution in [0.5, 0.6) is 0 Å². The number of rotatable bonds is 7. The fourth-order valence-electron chi connectivity index (χ4n) is 2.86. The summed E-state index contributed by atoms with van der Waals surface area (Å²) in [5.74, 6) is 0.326. The van der Waals surface area contributed by atoms with Crippen molar-refractivity contribution < 1.29 is 9.59 Å². The zero-order valence-electron chi connectivity index (χ0n) is 17.1. The van der Waals surface area contributed by atoms with Crippen molar-refractivity contribution in [1.29, 1.82) is 0 Å². The van der Waals surface area contributed by atoms with Gasteiger partial charge in [-0.05, 0) is 44.2 Å². The number of nitrogens with one attached hydrogen (secondary N) is 2. The van der Waals surface area contributed by atoms with E-state index in [-0.39, 0.29) is 23.6 Å². The van der Waals surface area contributed by atoms with Crippen molar-refractivity contribution >= 4 is 52.5 Å². The van der Waals surface area contributed by atoms with Crippen LogP contribution in [-0.4, -0.2) is 32.3 Å². The van der Waals surface area contributed by atoms with E-state index < -0.39 is 0 Å². The first-order chi connectivity index (χ1) is 14.7. The zero-order valence-corrected chi connectivity index (χ0v) is 19.5. The van der Waals surface area contributed by atoms with Gasteiger partial charge in [0, 0.05) is 18.3 Å². The Morgan fingerprint density at radius 2 is 1.90 bits per heavy atom. The first kappa shape index (κ1) is 23.1. The standard InChI is InChI=1S/C21H21Cl2N5O2S/c1-12-5-4-6-14(9-12)20(30)24-13(2)19-26-27-21(28(19)3)31-11-18(29)25-15-7-8-16(22)17(23)10-15/h4-10,13H,11H2,1-3H3,(H,24,30)(H,25,29)/t13-/m1/s1. The summed E-state index contributed by atoms with van der Waals surface area (Å²) in [6, 6.07) is 11.9. The van der Waals surface area contributed by atoms with Gasteiger partial charge in [0.1, 0.15) is 0 Å². The van der Waals surface area contributed by atoms with Crippen LogP contribution in [0.25, 0.3) is 0 Å². The maximum atomic E-state index is 12.5. The van der Waals surface area contributed by atoms with Crippen molar-refractivity contribution in [1.82, 2.24) is 20.1 Å². The molecule has 0 bridgehead atoms. The molecular formula is C21H21Cl2N5O2S. The molecule has 0 aliphatic rings. The van der Waals surface area contributed by atoms with Crippen molar-refractivity contribution in [2.24, 2.45) is 7.05 Å². The monoisotopic (exact) mass is 477 g/mol. The molecule has 2 amide bonds. The van der Waals surface area contributed by atoms with Gasteiger partial charge in [-0.15, -0.1) is 10.2 Å². The maximum absolute atomic E-state index is 12.5. The Labute approximate surface area is 194 Å². The maximum Gasteiger partial charge on any atom is 0.251 e. The molecule has 2 N–H and O–H groups in total. The van der Waals surface area contributed by atoms with Crippen molar-refractivity contribution in [3.05, 3.63) is 69.5 Å². The normalized spacial score (nSPS) is 11.8. The predicted molar refractivity (Wildman–Crippen MR) is 124 cm³/mol. The molecule has 0 aliphatic heterocycles. The average Bonchev–Trinajstić information content (AvgIpc) is 3.09. The minimum atomic E-state index is -0.357. The van der Waals surface area contributed by atoms with Crippen LogP contribution in [0.4, 0.5) is 5.69 Å². The largest absolute Gasteiger partial charge is 0.342 e. The van der Waals surface area contributed by atoms with Crippen LogP contribution in [0.3, 0.4) is 0 Å². The molecule has 1 atom stereocenters. The van der Waals surface area contributed by atoms with Gasteiger partial charge in [-0.3, -0.25) is 9.59 Å². The third kappa shape index (κ3) is 6.00. The lowest BCUT2D eigenvalue weighted by atomic mass is 10.1. The number of aryl methyl sites for hydroxylation is 1. The summed E-state index contributed by atoms with van der Waals surface area (Å²) in [5, 5.41) is 15.4. The summed E-state index contributed by atoms with van der Waals surface area (Å²) >= 11 is 13.1. The number of halogens is 2. The number of carbonyl (C=O) groups excluding carboxylic acids is 2. The Hall–Kier alpha value is -2.55. The van der Waals surface area contributed by atoms with E-state index in [9.17, 15) is 9.59 Å². The summed E-state index contributed by atoms with van der Waals surface area (Å²) in [4.78, 5) is 24.7. The lowest BCUT2D eigenvalue weighted by molar-refractivity contribution is -0.113. The third-order valence-electron chi connectivity index (χ3n) is 4.42. The minimum absolute atomic E-state index is 0.135. The van der Waals surface area contributed by atoms with Gasteiger partial charge in [-0.1, -0.05) is 52.7 Å². The van der Waals surface area contributed by atoms with Crippen molar-refractivity contribution in [2.75, 3.05) is 11.1 Å². The number of thioether (sulfide) groups is 1. The lowest BCUT2D eigenvalue weighted by Gasteiger charge is -2.14. The minimum Gasteiger partial charge on any atom is -0.342 e. The zero-order chi connectivity index (χ0) is 22.5. The number of hydrogen-bond donors (Lipinski definition) is 2. The van der Waals surface area contributed by atoms with Crippen LogP contribution < -0.4 is 10.6 Å². The topological polar surface area (TPSA) is 88.9 Å². The van der Waals surface area contributed by atoms with Gasteiger partial charge in [0.15, 0.2) is 11.0 Å². The van der Waals surface area contributed by atoms with Crippen LogP contribution in [0.15, 0.2) is 47.6 Å². The van der Waals surface area contributed by atoms with E-state index in [1.165, 1.54) is 11.8 Å². The molecule has 0 unspecified atom stereocenters. The highest BCUT2D eigenvalue weighted by molar-refractivity contribution is 7.99. The fraction of sp³-hybridized carbons (Fsp3) is 0.238. The molecule has 0 spiro atoms. The second-order valence-corrected chi connectivity index (χ2v) is 8.69. The average molecular weight is 478 g/mol. The Balaban J connectivity index is 1.58. The molecule has 162 valence electrons. The van der Waals surface area contributed by atoms with Gasteiger partial charge >= 0.3 is 0 Å². The highest BCUT2D eigenvalue weighted by Gasteiger charge is 2.19. The molecule has 0 fully saturated rings. The number of anilines is 1. The Kier molecular flexibility index (Phi) is 7.59.